The summed E-state index contributed by atoms with van der Waals surface area (Å²) in [5.41, 5.74) is 0.999. The largest absolute Gasteiger partial charge is 0.416 e. The Bertz CT molecular complexity index is 970. The molecule has 6 nitrogen and oxygen atoms in total. The number of hydrogen-bond acceptors (Lipinski definition) is 4. The SMILES string of the molecule is CCN(CCO)C(=O)CC(Nc1nc2ccccc2[nH]1)c1cccc(C(F)(F)F)c1. The molecule has 0 aliphatic rings. The Hall–Kier alpha value is -3.07. The van der Waals surface area contributed by atoms with Gasteiger partial charge < -0.3 is 20.3 Å². The van der Waals surface area contributed by atoms with Gasteiger partial charge >= 0.3 is 6.18 Å². The van der Waals surface area contributed by atoms with Gasteiger partial charge in [0.2, 0.25) is 11.9 Å². The van der Waals surface area contributed by atoms with E-state index in [0.717, 1.165) is 17.6 Å². The van der Waals surface area contributed by atoms with E-state index in [1.54, 1.807) is 13.0 Å². The molecule has 1 amide bonds. The predicted octanol–water partition coefficient (Wildman–Crippen LogP) is 3.97. The number of likely N-dealkylation sites (N-methyl/N-ethyl adjacent to an activating group) is 1. The summed E-state index contributed by atoms with van der Waals surface area (Å²) in [4.78, 5) is 21.7. The lowest BCUT2D eigenvalue weighted by atomic mass is 10.0. The Labute approximate surface area is 171 Å². The highest BCUT2D eigenvalue weighted by molar-refractivity contribution is 5.79. The van der Waals surface area contributed by atoms with Gasteiger partial charge in [0, 0.05) is 13.1 Å². The maximum absolute atomic E-state index is 13.2. The smallest absolute Gasteiger partial charge is 0.395 e. The van der Waals surface area contributed by atoms with Crippen LogP contribution in [0.4, 0.5) is 19.1 Å². The van der Waals surface area contributed by atoms with Crippen LogP contribution in [0.1, 0.15) is 30.5 Å². The number of para-hydroxylation sites is 2. The van der Waals surface area contributed by atoms with Gasteiger partial charge in [-0.3, -0.25) is 4.79 Å². The summed E-state index contributed by atoms with van der Waals surface area (Å²) in [6.07, 6.45) is -4.58. The minimum Gasteiger partial charge on any atom is -0.395 e. The molecule has 0 radical (unpaired) electrons. The van der Waals surface area contributed by atoms with Crippen LogP contribution in [-0.2, 0) is 11.0 Å². The van der Waals surface area contributed by atoms with Gasteiger partial charge in [0.25, 0.3) is 0 Å². The average molecular weight is 420 g/mol. The minimum atomic E-state index is -4.49. The Morgan fingerprint density at radius 2 is 2.00 bits per heavy atom. The fourth-order valence-electron chi connectivity index (χ4n) is 3.25. The molecule has 160 valence electrons. The Balaban J connectivity index is 1.92. The lowest BCUT2D eigenvalue weighted by Crippen LogP contribution is -2.35. The van der Waals surface area contributed by atoms with Crippen molar-refractivity contribution in [2.45, 2.75) is 25.6 Å². The monoisotopic (exact) mass is 420 g/mol. The first-order valence-corrected chi connectivity index (χ1v) is 9.59. The maximum atomic E-state index is 13.2. The lowest BCUT2D eigenvalue weighted by Gasteiger charge is -2.24. The molecule has 9 heteroatoms. The Kier molecular flexibility index (Phi) is 6.61. The number of nitrogens with one attached hydrogen (secondary N) is 2. The zero-order valence-electron chi connectivity index (χ0n) is 16.4. The third-order valence-electron chi connectivity index (χ3n) is 4.80. The highest BCUT2D eigenvalue weighted by Crippen LogP contribution is 2.32. The van der Waals surface area contributed by atoms with Crippen LogP contribution in [0, 0.1) is 0 Å². The molecule has 2 aromatic carbocycles. The highest BCUT2D eigenvalue weighted by atomic mass is 19.4. The summed E-state index contributed by atoms with van der Waals surface area (Å²) in [7, 11) is 0. The van der Waals surface area contributed by atoms with Crippen molar-refractivity contribution < 1.29 is 23.1 Å². The number of halogens is 3. The third kappa shape index (κ3) is 5.10. The van der Waals surface area contributed by atoms with Crippen molar-refractivity contribution in [2.24, 2.45) is 0 Å². The molecule has 3 N–H and O–H groups in total. The Morgan fingerprint density at radius 1 is 1.23 bits per heavy atom. The first-order valence-electron chi connectivity index (χ1n) is 9.59. The van der Waals surface area contributed by atoms with Crippen LogP contribution < -0.4 is 5.32 Å². The number of rotatable bonds is 8. The zero-order valence-corrected chi connectivity index (χ0v) is 16.4. The molecule has 3 rings (SSSR count). The van der Waals surface area contributed by atoms with Crippen LogP contribution in [-0.4, -0.2) is 45.6 Å². The van der Waals surface area contributed by atoms with E-state index >= 15 is 0 Å². The summed E-state index contributed by atoms with van der Waals surface area (Å²) in [6.45, 7) is 2.14. The third-order valence-corrected chi connectivity index (χ3v) is 4.80. The van der Waals surface area contributed by atoms with Gasteiger partial charge in [-0.2, -0.15) is 13.2 Å². The molecular weight excluding hydrogens is 397 g/mol. The number of aliphatic hydroxyl groups is 1. The number of H-pyrrole nitrogens is 1. The number of fused-ring (bicyclic) bond motifs is 1. The second-order valence-corrected chi connectivity index (χ2v) is 6.82. The van der Waals surface area contributed by atoms with E-state index in [1.165, 1.54) is 11.0 Å². The molecule has 3 aromatic rings. The number of aliphatic hydroxyl groups excluding tert-OH is 1. The number of carbonyl (C=O) groups excluding carboxylic acids is 1. The second-order valence-electron chi connectivity index (χ2n) is 6.82. The van der Waals surface area contributed by atoms with Crippen molar-refractivity contribution in [1.29, 1.82) is 0 Å². The molecular formula is C21H23F3N4O2. The van der Waals surface area contributed by atoms with E-state index in [-0.39, 0.29) is 25.5 Å². The van der Waals surface area contributed by atoms with Gasteiger partial charge in [0.05, 0.1) is 35.7 Å². The van der Waals surface area contributed by atoms with Crippen molar-refractivity contribution >= 4 is 22.9 Å². The van der Waals surface area contributed by atoms with Crippen molar-refractivity contribution in [3.63, 3.8) is 0 Å². The number of carbonyl (C=O) groups is 1. The highest BCUT2D eigenvalue weighted by Gasteiger charge is 2.31. The number of hydrogen-bond donors (Lipinski definition) is 3. The molecule has 1 heterocycles. The number of benzene rings is 2. The minimum absolute atomic E-state index is 0.0911. The van der Waals surface area contributed by atoms with Crippen LogP contribution in [0.15, 0.2) is 48.5 Å². The van der Waals surface area contributed by atoms with Crippen LogP contribution >= 0.6 is 0 Å². The number of imidazole rings is 1. The first kappa shape index (κ1) is 21.6. The van der Waals surface area contributed by atoms with Crippen LogP contribution in [0.25, 0.3) is 11.0 Å². The fraction of sp³-hybridized carbons (Fsp3) is 0.333. The molecule has 0 saturated carbocycles. The van der Waals surface area contributed by atoms with Crippen molar-refractivity contribution in [3.8, 4) is 0 Å². The molecule has 1 aromatic heterocycles. The molecule has 1 unspecified atom stereocenters. The van der Waals surface area contributed by atoms with E-state index in [1.807, 2.05) is 24.3 Å². The van der Waals surface area contributed by atoms with Gasteiger partial charge in [0.1, 0.15) is 0 Å². The summed E-state index contributed by atoms with van der Waals surface area (Å²) >= 11 is 0. The number of alkyl halides is 3. The Morgan fingerprint density at radius 3 is 2.67 bits per heavy atom. The predicted molar refractivity (Wildman–Crippen MR) is 108 cm³/mol. The zero-order chi connectivity index (χ0) is 21.7. The quantitative estimate of drug-likeness (QED) is 0.515. The van der Waals surface area contributed by atoms with Gasteiger partial charge in [-0.05, 0) is 36.8 Å². The van der Waals surface area contributed by atoms with E-state index in [0.29, 0.717) is 23.6 Å². The molecule has 0 saturated heterocycles. The van der Waals surface area contributed by atoms with Crippen LogP contribution in [0.5, 0.6) is 0 Å². The normalized spacial score (nSPS) is 12.7. The number of nitrogens with zero attached hydrogens (tertiary/aromatic N) is 2. The van der Waals surface area contributed by atoms with Crippen LogP contribution in [0.2, 0.25) is 0 Å². The number of anilines is 1. The lowest BCUT2D eigenvalue weighted by molar-refractivity contribution is -0.137. The van der Waals surface area contributed by atoms with Crippen molar-refractivity contribution in [1.82, 2.24) is 14.9 Å². The topological polar surface area (TPSA) is 81.2 Å². The molecule has 1 atom stereocenters. The molecule has 30 heavy (non-hydrogen) atoms. The molecule has 0 bridgehead atoms. The number of aromatic nitrogens is 2. The molecule has 0 spiro atoms. The van der Waals surface area contributed by atoms with E-state index in [4.69, 9.17) is 5.11 Å². The van der Waals surface area contributed by atoms with Gasteiger partial charge in [-0.1, -0.05) is 24.3 Å². The molecule has 0 aliphatic heterocycles. The summed E-state index contributed by atoms with van der Waals surface area (Å²) < 4.78 is 39.6. The first-order chi connectivity index (χ1) is 14.3. The number of aromatic amines is 1. The average Bonchev–Trinajstić information content (AvgIpc) is 3.13. The fourth-order valence-corrected chi connectivity index (χ4v) is 3.25. The second kappa shape index (κ2) is 9.17. The number of amides is 1. The maximum Gasteiger partial charge on any atom is 0.416 e. The standard InChI is InChI=1S/C21H23F3N4O2/c1-2-28(10-11-29)19(30)13-18(14-6-5-7-15(12-14)21(22,23)24)27-20-25-16-8-3-4-9-17(16)26-20/h3-9,12,18,29H,2,10-11,13H2,1H3,(H2,25,26,27). The summed E-state index contributed by atoms with van der Waals surface area (Å²) in [5.74, 6) is 0.0780. The summed E-state index contributed by atoms with van der Waals surface area (Å²) in [5, 5.41) is 12.2. The van der Waals surface area contributed by atoms with Gasteiger partial charge in [-0.15, -0.1) is 0 Å². The van der Waals surface area contributed by atoms with Gasteiger partial charge in [0.15, 0.2) is 0 Å². The van der Waals surface area contributed by atoms with E-state index in [2.05, 4.69) is 15.3 Å². The van der Waals surface area contributed by atoms with Crippen molar-refractivity contribution in [3.05, 3.63) is 59.7 Å². The summed E-state index contributed by atoms with van der Waals surface area (Å²) in [6, 6.07) is 11.5. The van der Waals surface area contributed by atoms with E-state index in [9.17, 15) is 18.0 Å². The molecule has 0 fully saturated rings. The van der Waals surface area contributed by atoms with Gasteiger partial charge in [-0.25, -0.2) is 4.98 Å². The molecule has 0 aliphatic carbocycles. The van der Waals surface area contributed by atoms with Crippen molar-refractivity contribution in [2.75, 3.05) is 25.0 Å². The van der Waals surface area contributed by atoms with E-state index < -0.39 is 17.8 Å². The van der Waals surface area contributed by atoms with Crippen LogP contribution in [0.3, 0.4) is 0 Å².